The standard InChI is InChI=1S/C18H19N3/c1-2-6-14(7-3-1)18(15-9-10-15)19-12-16-13-21-11-5-4-8-17(21)20-16/h1-8,11,13,15,18-19H,9-10,12H2. The van der Waals surface area contributed by atoms with Crippen molar-refractivity contribution in [3.63, 3.8) is 0 Å². The van der Waals surface area contributed by atoms with Gasteiger partial charge in [-0.1, -0.05) is 36.4 Å². The predicted octanol–water partition coefficient (Wildman–Crippen LogP) is 3.58. The zero-order valence-corrected chi connectivity index (χ0v) is 11.9. The summed E-state index contributed by atoms with van der Waals surface area (Å²) in [5.74, 6) is 0.782. The van der Waals surface area contributed by atoms with E-state index in [1.807, 2.05) is 24.4 Å². The lowest BCUT2D eigenvalue weighted by Gasteiger charge is -2.18. The number of aromatic nitrogens is 2. The predicted molar refractivity (Wildman–Crippen MR) is 83.9 cm³/mol. The first-order valence-corrected chi connectivity index (χ1v) is 7.61. The summed E-state index contributed by atoms with van der Waals surface area (Å²) in [6.07, 6.45) is 6.81. The van der Waals surface area contributed by atoms with Crippen LogP contribution in [0.2, 0.25) is 0 Å². The van der Waals surface area contributed by atoms with Crippen LogP contribution in [0.5, 0.6) is 0 Å². The van der Waals surface area contributed by atoms with Crippen molar-refractivity contribution in [1.29, 1.82) is 0 Å². The Labute approximate surface area is 124 Å². The molecule has 21 heavy (non-hydrogen) atoms. The smallest absolute Gasteiger partial charge is 0.137 e. The molecule has 0 bridgehead atoms. The third kappa shape index (κ3) is 2.69. The molecule has 0 amide bonds. The number of rotatable bonds is 5. The Balaban J connectivity index is 1.51. The van der Waals surface area contributed by atoms with Crippen LogP contribution in [0.1, 0.15) is 30.1 Å². The van der Waals surface area contributed by atoms with Crippen molar-refractivity contribution in [3.05, 3.63) is 72.2 Å². The fraction of sp³-hybridized carbons (Fsp3) is 0.278. The Bertz CT molecular complexity index is 695. The second kappa shape index (κ2) is 5.34. The third-order valence-corrected chi connectivity index (χ3v) is 4.17. The quantitative estimate of drug-likeness (QED) is 0.772. The van der Waals surface area contributed by atoms with Gasteiger partial charge in [0.1, 0.15) is 5.65 Å². The molecule has 2 heterocycles. The van der Waals surface area contributed by atoms with E-state index in [0.717, 1.165) is 23.8 Å². The van der Waals surface area contributed by atoms with Gasteiger partial charge in [-0.25, -0.2) is 4.98 Å². The average Bonchev–Trinajstić information content (AvgIpc) is 3.27. The van der Waals surface area contributed by atoms with Gasteiger partial charge in [0.05, 0.1) is 5.69 Å². The van der Waals surface area contributed by atoms with Gasteiger partial charge in [0.15, 0.2) is 0 Å². The minimum absolute atomic E-state index is 0.455. The highest BCUT2D eigenvalue weighted by molar-refractivity contribution is 5.39. The number of benzene rings is 1. The molecular weight excluding hydrogens is 258 g/mol. The number of fused-ring (bicyclic) bond motifs is 1. The average molecular weight is 277 g/mol. The lowest BCUT2D eigenvalue weighted by Crippen LogP contribution is -2.22. The van der Waals surface area contributed by atoms with Crippen LogP contribution >= 0.6 is 0 Å². The van der Waals surface area contributed by atoms with Crippen molar-refractivity contribution < 1.29 is 0 Å². The summed E-state index contributed by atoms with van der Waals surface area (Å²) in [6.45, 7) is 0.817. The highest BCUT2D eigenvalue weighted by Gasteiger charge is 2.31. The zero-order chi connectivity index (χ0) is 14.1. The summed E-state index contributed by atoms with van der Waals surface area (Å²) in [4.78, 5) is 4.66. The Kier molecular flexibility index (Phi) is 3.20. The number of nitrogens with one attached hydrogen (secondary N) is 1. The van der Waals surface area contributed by atoms with E-state index in [4.69, 9.17) is 0 Å². The van der Waals surface area contributed by atoms with Crippen LogP contribution in [-0.4, -0.2) is 9.38 Å². The molecule has 3 aromatic rings. The van der Waals surface area contributed by atoms with Crippen molar-refractivity contribution in [2.75, 3.05) is 0 Å². The SMILES string of the molecule is c1ccc(C(NCc2cn3ccccc3n2)C2CC2)cc1. The molecule has 1 aliphatic carbocycles. The van der Waals surface area contributed by atoms with E-state index in [9.17, 15) is 0 Å². The summed E-state index contributed by atoms with van der Waals surface area (Å²) in [7, 11) is 0. The Morgan fingerprint density at radius 1 is 1.10 bits per heavy atom. The highest BCUT2D eigenvalue weighted by atomic mass is 15.0. The number of nitrogens with zero attached hydrogens (tertiary/aromatic N) is 2. The van der Waals surface area contributed by atoms with Crippen LogP contribution in [-0.2, 0) is 6.54 Å². The molecule has 3 nitrogen and oxygen atoms in total. The molecule has 4 rings (SSSR count). The van der Waals surface area contributed by atoms with Gasteiger partial charge in [-0.05, 0) is 36.5 Å². The van der Waals surface area contributed by atoms with E-state index >= 15 is 0 Å². The van der Waals surface area contributed by atoms with Crippen molar-refractivity contribution in [2.24, 2.45) is 5.92 Å². The van der Waals surface area contributed by atoms with Crippen LogP contribution < -0.4 is 5.32 Å². The minimum Gasteiger partial charge on any atom is -0.307 e. The largest absolute Gasteiger partial charge is 0.307 e. The summed E-state index contributed by atoms with van der Waals surface area (Å²) < 4.78 is 2.08. The lowest BCUT2D eigenvalue weighted by molar-refractivity contribution is 0.477. The van der Waals surface area contributed by atoms with Crippen molar-refractivity contribution in [2.45, 2.75) is 25.4 Å². The first-order chi connectivity index (χ1) is 10.4. The number of hydrogen-bond donors (Lipinski definition) is 1. The van der Waals surface area contributed by atoms with Gasteiger partial charge in [0, 0.05) is 25.0 Å². The van der Waals surface area contributed by atoms with E-state index in [1.165, 1.54) is 18.4 Å². The monoisotopic (exact) mass is 277 g/mol. The molecule has 1 fully saturated rings. The number of hydrogen-bond acceptors (Lipinski definition) is 2. The molecule has 1 N–H and O–H groups in total. The summed E-state index contributed by atoms with van der Waals surface area (Å²) in [5, 5.41) is 3.70. The van der Waals surface area contributed by atoms with Crippen LogP contribution in [0, 0.1) is 5.92 Å². The van der Waals surface area contributed by atoms with Crippen molar-refractivity contribution >= 4 is 5.65 Å². The maximum Gasteiger partial charge on any atom is 0.137 e. The molecule has 0 spiro atoms. The molecule has 0 radical (unpaired) electrons. The van der Waals surface area contributed by atoms with Gasteiger partial charge in [0.2, 0.25) is 0 Å². The number of imidazole rings is 1. The van der Waals surface area contributed by atoms with E-state index in [-0.39, 0.29) is 0 Å². The molecule has 0 aliphatic heterocycles. The molecule has 1 aliphatic rings. The fourth-order valence-corrected chi connectivity index (χ4v) is 2.93. The van der Waals surface area contributed by atoms with Crippen LogP contribution in [0.15, 0.2) is 60.9 Å². The Morgan fingerprint density at radius 2 is 1.90 bits per heavy atom. The lowest BCUT2D eigenvalue weighted by atomic mass is 10.0. The molecule has 2 aromatic heterocycles. The van der Waals surface area contributed by atoms with Gasteiger partial charge < -0.3 is 9.72 Å². The topological polar surface area (TPSA) is 29.3 Å². The first-order valence-electron chi connectivity index (χ1n) is 7.61. The second-order valence-electron chi connectivity index (χ2n) is 5.81. The van der Waals surface area contributed by atoms with Crippen LogP contribution in [0.3, 0.4) is 0 Å². The van der Waals surface area contributed by atoms with Crippen LogP contribution in [0.4, 0.5) is 0 Å². The Morgan fingerprint density at radius 3 is 2.67 bits per heavy atom. The van der Waals surface area contributed by atoms with Crippen molar-refractivity contribution in [1.82, 2.24) is 14.7 Å². The molecule has 0 saturated heterocycles. The van der Waals surface area contributed by atoms with Gasteiger partial charge >= 0.3 is 0 Å². The summed E-state index contributed by atoms with van der Waals surface area (Å²) in [5.41, 5.74) is 3.50. The van der Waals surface area contributed by atoms with Crippen molar-refractivity contribution in [3.8, 4) is 0 Å². The Hall–Kier alpha value is -2.13. The molecule has 1 unspecified atom stereocenters. The molecule has 106 valence electrons. The first kappa shape index (κ1) is 12.6. The molecule has 1 aromatic carbocycles. The normalized spacial score (nSPS) is 16.2. The fourth-order valence-electron chi connectivity index (χ4n) is 2.93. The van der Waals surface area contributed by atoms with Crippen LogP contribution in [0.25, 0.3) is 5.65 Å². The minimum atomic E-state index is 0.455. The molecular formula is C18H19N3. The molecule has 1 saturated carbocycles. The second-order valence-corrected chi connectivity index (χ2v) is 5.81. The maximum atomic E-state index is 4.66. The van der Waals surface area contributed by atoms with E-state index in [1.54, 1.807) is 0 Å². The van der Waals surface area contributed by atoms with E-state index < -0.39 is 0 Å². The number of pyridine rings is 1. The maximum absolute atomic E-state index is 4.66. The van der Waals surface area contributed by atoms with Gasteiger partial charge in [-0.3, -0.25) is 0 Å². The highest BCUT2D eigenvalue weighted by Crippen LogP contribution is 2.41. The van der Waals surface area contributed by atoms with Gasteiger partial charge in [0.25, 0.3) is 0 Å². The summed E-state index contributed by atoms with van der Waals surface area (Å²) in [6, 6.07) is 17.3. The van der Waals surface area contributed by atoms with Gasteiger partial charge in [-0.2, -0.15) is 0 Å². The zero-order valence-electron chi connectivity index (χ0n) is 11.9. The van der Waals surface area contributed by atoms with Gasteiger partial charge in [-0.15, -0.1) is 0 Å². The molecule has 1 atom stereocenters. The third-order valence-electron chi connectivity index (χ3n) is 4.17. The summed E-state index contributed by atoms with van der Waals surface area (Å²) >= 11 is 0. The van der Waals surface area contributed by atoms with E-state index in [0.29, 0.717) is 6.04 Å². The molecule has 3 heteroatoms. The van der Waals surface area contributed by atoms with E-state index in [2.05, 4.69) is 51.2 Å².